The van der Waals surface area contributed by atoms with Crippen molar-refractivity contribution in [2.75, 3.05) is 0 Å². The minimum atomic E-state index is -0.387. The Morgan fingerprint density at radius 2 is 1.48 bits per heavy atom. The van der Waals surface area contributed by atoms with Crippen LogP contribution in [0.1, 0.15) is 21.5 Å². The van der Waals surface area contributed by atoms with E-state index in [9.17, 15) is 4.79 Å². The number of benzene rings is 3. The smallest absolute Gasteiger partial charge is 0.343 e. The first-order valence-electron chi connectivity index (χ1n) is 7.74. The summed E-state index contributed by atoms with van der Waals surface area (Å²) in [6, 6.07) is 25.0. The van der Waals surface area contributed by atoms with E-state index in [0.29, 0.717) is 29.2 Å². The molecule has 4 nitrogen and oxygen atoms in total. The highest BCUT2D eigenvalue weighted by molar-refractivity contribution is 5.90. The van der Waals surface area contributed by atoms with Crippen LogP contribution in [0.5, 0.6) is 11.5 Å². The number of nitriles is 1. The van der Waals surface area contributed by atoms with Crippen LogP contribution in [0.15, 0.2) is 78.9 Å². The first-order chi connectivity index (χ1) is 12.2. The van der Waals surface area contributed by atoms with Gasteiger partial charge in [-0.05, 0) is 54.1 Å². The Morgan fingerprint density at radius 1 is 0.840 bits per heavy atom. The maximum Gasteiger partial charge on any atom is 0.343 e. The highest BCUT2D eigenvalue weighted by Gasteiger charge is 2.07. The lowest BCUT2D eigenvalue weighted by Crippen LogP contribution is -2.08. The standard InChI is InChI=1S/C21H15NO3/c22-14-16-6-10-19(11-7-16)24-15-17-8-12-20(13-9-17)25-21(23)18-4-2-1-3-5-18/h1-13H,15H2. The van der Waals surface area contributed by atoms with E-state index in [-0.39, 0.29) is 5.97 Å². The minimum absolute atomic E-state index is 0.387. The van der Waals surface area contributed by atoms with Gasteiger partial charge >= 0.3 is 5.97 Å². The summed E-state index contributed by atoms with van der Waals surface area (Å²) in [7, 11) is 0. The van der Waals surface area contributed by atoms with E-state index in [1.807, 2.05) is 18.2 Å². The zero-order chi connectivity index (χ0) is 17.5. The van der Waals surface area contributed by atoms with Crippen molar-refractivity contribution in [1.82, 2.24) is 0 Å². The lowest BCUT2D eigenvalue weighted by atomic mass is 10.2. The maximum atomic E-state index is 12.0. The molecule has 3 aromatic rings. The van der Waals surface area contributed by atoms with Gasteiger partial charge in [-0.2, -0.15) is 5.26 Å². The van der Waals surface area contributed by atoms with Gasteiger partial charge in [0.15, 0.2) is 0 Å². The van der Waals surface area contributed by atoms with Crippen LogP contribution >= 0.6 is 0 Å². The molecule has 122 valence electrons. The van der Waals surface area contributed by atoms with Gasteiger partial charge < -0.3 is 9.47 Å². The Balaban J connectivity index is 1.56. The molecule has 0 bridgehead atoms. The van der Waals surface area contributed by atoms with Crippen LogP contribution in [0.25, 0.3) is 0 Å². The molecule has 0 aromatic heterocycles. The summed E-state index contributed by atoms with van der Waals surface area (Å²) < 4.78 is 11.0. The van der Waals surface area contributed by atoms with Gasteiger partial charge in [-0.1, -0.05) is 30.3 Å². The predicted octanol–water partition coefficient (Wildman–Crippen LogP) is 4.36. The Morgan fingerprint density at radius 3 is 2.12 bits per heavy atom. The van der Waals surface area contributed by atoms with Gasteiger partial charge in [-0.3, -0.25) is 0 Å². The van der Waals surface area contributed by atoms with Crippen molar-refractivity contribution in [3.63, 3.8) is 0 Å². The molecule has 0 aliphatic carbocycles. The second kappa shape index (κ2) is 7.80. The van der Waals surface area contributed by atoms with E-state index in [1.54, 1.807) is 60.7 Å². The summed E-state index contributed by atoms with van der Waals surface area (Å²) in [4.78, 5) is 12.0. The molecule has 0 saturated heterocycles. The van der Waals surface area contributed by atoms with Gasteiger partial charge in [-0.15, -0.1) is 0 Å². The molecular formula is C21H15NO3. The average molecular weight is 329 g/mol. The Hall–Kier alpha value is -3.58. The van der Waals surface area contributed by atoms with Crippen molar-refractivity contribution in [2.45, 2.75) is 6.61 Å². The van der Waals surface area contributed by atoms with Crippen molar-refractivity contribution in [1.29, 1.82) is 5.26 Å². The summed E-state index contributed by atoms with van der Waals surface area (Å²) in [5.74, 6) is 0.789. The third-order valence-electron chi connectivity index (χ3n) is 3.53. The molecule has 25 heavy (non-hydrogen) atoms. The minimum Gasteiger partial charge on any atom is -0.489 e. The third-order valence-corrected chi connectivity index (χ3v) is 3.53. The first-order valence-corrected chi connectivity index (χ1v) is 7.74. The van der Waals surface area contributed by atoms with Crippen molar-refractivity contribution >= 4 is 5.97 Å². The number of esters is 1. The first kappa shape index (κ1) is 16.3. The molecule has 0 spiro atoms. The quantitative estimate of drug-likeness (QED) is 0.515. The van der Waals surface area contributed by atoms with Crippen molar-refractivity contribution in [3.05, 3.63) is 95.6 Å². The van der Waals surface area contributed by atoms with Gasteiger partial charge in [-0.25, -0.2) is 4.79 Å². The molecule has 0 atom stereocenters. The number of hydrogen-bond donors (Lipinski definition) is 0. The van der Waals surface area contributed by atoms with Crippen LogP contribution in [0.3, 0.4) is 0 Å². The largest absolute Gasteiger partial charge is 0.489 e. The topological polar surface area (TPSA) is 59.3 Å². The molecule has 0 aliphatic rings. The van der Waals surface area contributed by atoms with Crippen LogP contribution < -0.4 is 9.47 Å². The molecule has 0 amide bonds. The van der Waals surface area contributed by atoms with Crippen molar-refractivity contribution < 1.29 is 14.3 Å². The Bertz CT molecular complexity index is 879. The summed E-state index contributed by atoms with van der Waals surface area (Å²) in [6.45, 7) is 0.388. The van der Waals surface area contributed by atoms with Crippen LogP contribution in [0.2, 0.25) is 0 Å². The Labute approximate surface area is 145 Å². The molecule has 0 fully saturated rings. The highest BCUT2D eigenvalue weighted by Crippen LogP contribution is 2.17. The van der Waals surface area contributed by atoms with Crippen LogP contribution in [0.4, 0.5) is 0 Å². The summed E-state index contributed by atoms with van der Waals surface area (Å²) in [6.07, 6.45) is 0. The zero-order valence-electron chi connectivity index (χ0n) is 13.4. The normalized spacial score (nSPS) is 9.88. The predicted molar refractivity (Wildman–Crippen MR) is 93.3 cm³/mol. The molecule has 0 unspecified atom stereocenters. The average Bonchev–Trinajstić information content (AvgIpc) is 2.68. The van der Waals surface area contributed by atoms with E-state index < -0.39 is 0 Å². The number of rotatable bonds is 5. The lowest BCUT2D eigenvalue weighted by Gasteiger charge is -2.08. The molecule has 0 saturated carbocycles. The van der Waals surface area contributed by atoms with E-state index >= 15 is 0 Å². The molecule has 3 aromatic carbocycles. The SMILES string of the molecule is N#Cc1ccc(OCc2ccc(OC(=O)c3ccccc3)cc2)cc1. The van der Waals surface area contributed by atoms with Crippen LogP contribution in [0, 0.1) is 11.3 Å². The molecule has 0 aliphatic heterocycles. The zero-order valence-corrected chi connectivity index (χ0v) is 13.4. The molecular weight excluding hydrogens is 314 g/mol. The number of carbonyl (C=O) groups excluding carboxylic acids is 1. The van der Waals surface area contributed by atoms with Gasteiger partial charge in [0.1, 0.15) is 18.1 Å². The molecule has 0 radical (unpaired) electrons. The Kier molecular flexibility index (Phi) is 5.08. The van der Waals surface area contributed by atoms with Gasteiger partial charge in [0.25, 0.3) is 0 Å². The second-order valence-electron chi connectivity index (χ2n) is 5.32. The number of ether oxygens (including phenoxy) is 2. The molecule has 3 rings (SSSR count). The van der Waals surface area contributed by atoms with Crippen molar-refractivity contribution in [3.8, 4) is 17.6 Å². The fourth-order valence-corrected chi connectivity index (χ4v) is 2.19. The second-order valence-corrected chi connectivity index (χ2v) is 5.32. The van der Waals surface area contributed by atoms with Crippen LogP contribution in [-0.2, 0) is 6.61 Å². The van der Waals surface area contributed by atoms with Crippen LogP contribution in [-0.4, -0.2) is 5.97 Å². The molecule has 4 heteroatoms. The van der Waals surface area contributed by atoms with E-state index in [0.717, 1.165) is 5.56 Å². The van der Waals surface area contributed by atoms with Crippen molar-refractivity contribution in [2.24, 2.45) is 0 Å². The number of nitrogens with zero attached hydrogens (tertiary/aromatic N) is 1. The van der Waals surface area contributed by atoms with E-state index in [1.165, 1.54) is 0 Å². The fraction of sp³-hybridized carbons (Fsp3) is 0.0476. The monoisotopic (exact) mass is 329 g/mol. The summed E-state index contributed by atoms with van der Waals surface area (Å²) in [5.41, 5.74) is 2.05. The fourth-order valence-electron chi connectivity index (χ4n) is 2.19. The summed E-state index contributed by atoms with van der Waals surface area (Å²) >= 11 is 0. The maximum absolute atomic E-state index is 12.0. The number of hydrogen-bond acceptors (Lipinski definition) is 4. The van der Waals surface area contributed by atoms with Gasteiger partial charge in [0, 0.05) is 0 Å². The van der Waals surface area contributed by atoms with Gasteiger partial charge in [0.2, 0.25) is 0 Å². The van der Waals surface area contributed by atoms with Gasteiger partial charge in [0.05, 0.1) is 17.2 Å². The molecule has 0 N–H and O–H groups in total. The highest BCUT2D eigenvalue weighted by atomic mass is 16.5. The third kappa shape index (κ3) is 4.46. The number of carbonyl (C=O) groups is 1. The lowest BCUT2D eigenvalue weighted by molar-refractivity contribution is 0.0734. The van der Waals surface area contributed by atoms with E-state index in [2.05, 4.69) is 6.07 Å². The molecule has 0 heterocycles. The summed E-state index contributed by atoms with van der Waals surface area (Å²) in [5, 5.41) is 8.77. The van der Waals surface area contributed by atoms with E-state index in [4.69, 9.17) is 14.7 Å².